The number of hydrogen-bond donors (Lipinski definition) is 1. The zero-order chi connectivity index (χ0) is 16.7. The summed E-state index contributed by atoms with van der Waals surface area (Å²) in [6.45, 7) is 4.86. The summed E-state index contributed by atoms with van der Waals surface area (Å²) in [6.07, 6.45) is 4.31. The highest BCUT2D eigenvalue weighted by molar-refractivity contribution is 5.79. The van der Waals surface area contributed by atoms with Crippen molar-refractivity contribution in [3.05, 3.63) is 0 Å². The van der Waals surface area contributed by atoms with Gasteiger partial charge in [-0.05, 0) is 19.8 Å². The van der Waals surface area contributed by atoms with E-state index in [4.69, 9.17) is 4.74 Å². The van der Waals surface area contributed by atoms with E-state index in [9.17, 15) is 14.9 Å². The minimum absolute atomic E-state index is 0.0990. The standard InChI is InChI=1S/C16H26N4O3/c1-2-23-15(22)20-10-8-19(9-11-20)12-14(21)18-16(13-17)6-4-3-5-7-16/h2-12H2,1H3,(H,18,21). The van der Waals surface area contributed by atoms with Crippen molar-refractivity contribution in [3.8, 4) is 6.07 Å². The van der Waals surface area contributed by atoms with E-state index in [1.807, 2.05) is 4.90 Å². The molecule has 2 amide bonds. The molecule has 0 spiro atoms. The van der Waals surface area contributed by atoms with Crippen LogP contribution >= 0.6 is 0 Å². The minimum Gasteiger partial charge on any atom is -0.450 e. The third-order valence-electron chi connectivity index (χ3n) is 4.57. The Morgan fingerprint density at radius 1 is 1.17 bits per heavy atom. The van der Waals surface area contributed by atoms with Crippen LogP contribution in [0.5, 0.6) is 0 Å². The van der Waals surface area contributed by atoms with E-state index in [0.29, 0.717) is 32.8 Å². The van der Waals surface area contributed by atoms with Gasteiger partial charge in [0.15, 0.2) is 0 Å². The Morgan fingerprint density at radius 2 is 1.83 bits per heavy atom. The first-order chi connectivity index (χ1) is 11.1. The molecule has 2 fully saturated rings. The van der Waals surface area contributed by atoms with Crippen LogP contribution in [0.3, 0.4) is 0 Å². The number of rotatable bonds is 4. The largest absolute Gasteiger partial charge is 0.450 e. The van der Waals surface area contributed by atoms with E-state index in [2.05, 4.69) is 11.4 Å². The van der Waals surface area contributed by atoms with E-state index in [0.717, 1.165) is 32.1 Å². The van der Waals surface area contributed by atoms with Gasteiger partial charge in [-0.25, -0.2) is 4.79 Å². The van der Waals surface area contributed by atoms with Gasteiger partial charge in [-0.3, -0.25) is 9.69 Å². The Bertz CT molecular complexity index is 460. The van der Waals surface area contributed by atoms with Gasteiger partial charge in [0.25, 0.3) is 0 Å². The van der Waals surface area contributed by atoms with E-state index < -0.39 is 5.54 Å². The molecular formula is C16H26N4O3. The highest BCUT2D eigenvalue weighted by Crippen LogP contribution is 2.27. The number of piperazine rings is 1. The van der Waals surface area contributed by atoms with Crippen LogP contribution in [0.25, 0.3) is 0 Å². The van der Waals surface area contributed by atoms with Gasteiger partial charge in [-0.15, -0.1) is 0 Å². The summed E-state index contributed by atoms with van der Waals surface area (Å²) in [5.41, 5.74) is -0.678. The lowest BCUT2D eigenvalue weighted by Gasteiger charge is -2.35. The molecule has 23 heavy (non-hydrogen) atoms. The molecule has 7 nitrogen and oxygen atoms in total. The maximum absolute atomic E-state index is 12.3. The quantitative estimate of drug-likeness (QED) is 0.838. The van der Waals surface area contributed by atoms with Crippen LogP contribution in [0.15, 0.2) is 0 Å². The molecule has 0 bridgehead atoms. The molecule has 2 rings (SSSR count). The smallest absolute Gasteiger partial charge is 0.409 e. The lowest BCUT2D eigenvalue weighted by molar-refractivity contribution is -0.124. The number of carbonyl (C=O) groups is 2. The second-order valence-electron chi connectivity index (χ2n) is 6.26. The number of nitriles is 1. The molecule has 1 N–H and O–H groups in total. The van der Waals surface area contributed by atoms with Crippen LogP contribution in [-0.4, -0.2) is 66.7 Å². The van der Waals surface area contributed by atoms with Gasteiger partial charge in [0, 0.05) is 26.2 Å². The van der Waals surface area contributed by atoms with E-state index >= 15 is 0 Å². The molecule has 0 atom stereocenters. The number of carbonyl (C=O) groups excluding carboxylic acids is 2. The van der Waals surface area contributed by atoms with Crippen molar-refractivity contribution in [2.45, 2.75) is 44.6 Å². The normalized spacial score (nSPS) is 21.3. The Kier molecular flexibility index (Phi) is 6.22. The predicted octanol–water partition coefficient (Wildman–Crippen LogP) is 1.10. The minimum atomic E-state index is -0.678. The molecule has 0 aromatic heterocycles. The highest BCUT2D eigenvalue weighted by Gasteiger charge is 2.34. The van der Waals surface area contributed by atoms with E-state index in [-0.39, 0.29) is 18.5 Å². The van der Waals surface area contributed by atoms with Gasteiger partial charge in [0.2, 0.25) is 5.91 Å². The fraction of sp³-hybridized carbons (Fsp3) is 0.812. The van der Waals surface area contributed by atoms with Crippen LogP contribution in [0.4, 0.5) is 4.79 Å². The van der Waals surface area contributed by atoms with Crippen molar-refractivity contribution in [1.29, 1.82) is 5.26 Å². The van der Waals surface area contributed by atoms with Crippen molar-refractivity contribution < 1.29 is 14.3 Å². The average Bonchev–Trinajstić information content (AvgIpc) is 2.56. The van der Waals surface area contributed by atoms with Gasteiger partial charge in [0.1, 0.15) is 5.54 Å². The Morgan fingerprint density at radius 3 is 2.39 bits per heavy atom. The van der Waals surface area contributed by atoms with Crippen LogP contribution in [0.2, 0.25) is 0 Å². The third kappa shape index (κ3) is 4.83. The Balaban J connectivity index is 1.76. The lowest BCUT2D eigenvalue weighted by Crippen LogP contribution is -2.55. The van der Waals surface area contributed by atoms with Crippen LogP contribution < -0.4 is 5.32 Å². The fourth-order valence-corrected chi connectivity index (χ4v) is 3.23. The molecule has 1 saturated heterocycles. The van der Waals surface area contributed by atoms with Crippen molar-refractivity contribution in [2.24, 2.45) is 0 Å². The number of amides is 2. The monoisotopic (exact) mass is 322 g/mol. The second kappa shape index (κ2) is 8.16. The number of nitrogens with zero attached hydrogens (tertiary/aromatic N) is 3. The van der Waals surface area contributed by atoms with Crippen LogP contribution in [0, 0.1) is 11.3 Å². The summed E-state index contributed by atoms with van der Waals surface area (Å²) in [4.78, 5) is 27.6. The summed E-state index contributed by atoms with van der Waals surface area (Å²) >= 11 is 0. The molecular weight excluding hydrogens is 296 g/mol. The third-order valence-corrected chi connectivity index (χ3v) is 4.57. The first kappa shape index (κ1) is 17.5. The van der Waals surface area contributed by atoms with Gasteiger partial charge in [-0.1, -0.05) is 19.3 Å². The molecule has 1 aliphatic carbocycles. The molecule has 128 valence electrons. The summed E-state index contributed by atoms with van der Waals surface area (Å²) in [7, 11) is 0. The molecule has 2 aliphatic rings. The van der Waals surface area contributed by atoms with Gasteiger partial charge < -0.3 is 15.0 Å². The fourth-order valence-electron chi connectivity index (χ4n) is 3.23. The van der Waals surface area contributed by atoms with E-state index in [1.165, 1.54) is 0 Å². The van der Waals surface area contributed by atoms with Crippen molar-refractivity contribution in [2.75, 3.05) is 39.3 Å². The SMILES string of the molecule is CCOC(=O)N1CCN(CC(=O)NC2(C#N)CCCCC2)CC1. The van der Waals surface area contributed by atoms with Gasteiger partial charge >= 0.3 is 6.09 Å². The molecule has 0 aromatic carbocycles. The van der Waals surface area contributed by atoms with Crippen LogP contribution in [-0.2, 0) is 9.53 Å². The summed E-state index contributed by atoms with van der Waals surface area (Å²) in [6, 6.07) is 2.30. The summed E-state index contributed by atoms with van der Waals surface area (Å²) < 4.78 is 4.98. The van der Waals surface area contributed by atoms with Gasteiger partial charge in [0.05, 0.1) is 19.2 Å². The van der Waals surface area contributed by atoms with Crippen LogP contribution in [0.1, 0.15) is 39.0 Å². The zero-order valence-corrected chi connectivity index (χ0v) is 13.8. The maximum atomic E-state index is 12.3. The number of nitrogens with one attached hydrogen (secondary N) is 1. The second-order valence-corrected chi connectivity index (χ2v) is 6.26. The average molecular weight is 322 g/mol. The lowest BCUT2D eigenvalue weighted by atomic mass is 9.83. The molecule has 1 heterocycles. The topological polar surface area (TPSA) is 85.7 Å². The van der Waals surface area contributed by atoms with Crippen molar-refractivity contribution >= 4 is 12.0 Å². The first-order valence-electron chi connectivity index (χ1n) is 8.45. The summed E-state index contributed by atoms with van der Waals surface area (Å²) in [5, 5.41) is 12.3. The number of ether oxygens (including phenoxy) is 1. The molecule has 1 saturated carbocycles. The van der Waals surface area contributed by atoms with Crippen molar-refractivity contribution in [1.82, 2.24) is 15.1 Å². The summed E-state index contributed by atoms with van der Waals surface area (Å²) in [5.74, 6) is -0.0990. The van der Waals surface area contributed by atoms with E-state index in [1.54, 1.807) is 11.8 Å². The number of hydrogen-bond acceptors (Lipinski definition) is 5. The molecule has 1 aliphatic heterocycles. The molecule has 7 heteroatoms. The molecule has 0 radical (unpaired) electrons. The first-order valence-corrected chi connectivity index (χ1v) is 8.45. The predicted molar refractivity (Wildman–Crippen MR) is 84.6 cm³/mol. The van der Waals surface area contributed by atoms with Crippen molar-refractivity contribution in [3.63, 3.8) is 0 Å². The molecule has 0 aromatic rings. The Labute approximate surface area is 137 Å². The Hall–Kier alpha value is -1.81. The van der Waals surface area contributed by atoms with Gasteiger partial charge in [-0.2, -0.15) is 5.26 Å². The maximum Gasteiger partial charge on any atom is 0.409 e. The zero-order valence-electron chi connectivity index (χ0n) is 13.8. The highest BCUT2D eigenvalue weighted by atomic mass is 16.6. The molecule has 0 unspecified atom stereocenters.